The first-order valence-corrected chi connectivity index (χ1v) is 8.49. The fraction of sp³-hybridized carbons (Fsp3) is 0.750. The third-order valence-electron chi connectivity index (χ3n) is 3.80. The number of nitrogens with zero attached hydrogens (tertiary/aromatic N) is 1. The number of hydrogen-bond acceptors (Lipinski definition) is 3. The first-order chi connectivity index (χ1) is 9.17. The van der Waals surface area contributed by atoms with E-state index in [1.807, 2.05) is 11.3 Å². The Bertz CT molecular complexity index is 373. The third-order valence-corrected chi connectivity index (χ3v) is 5.02. The van der Waals surface area contributed by atoms with Crippen molar-refractivity contribution in [3.63, 3.8) is 0 Å². The molecule has 1 aromatic rings. The number of rotatable bonds is 7. The molecule has 2 nitrogen and oxygen atoms in total. The molecule has 19 heavy (non-hydrogen) atoms. The Morgan fingerprint density at radius 2 is 2.16 bits per heavy atom. The molecule has 1 N–H and O–H groups in total. The quantitative estimate of drug-likeness (QED) is 0.824. The lowest BCUT2D eigenvalue weighted by Crippen LogP contribution is -2.28. The second-order valence-corrected chi connectivity index (χ2v) is 7.42. The second-order valence-electron chi connectivity index (χ2n) is 6.16. The largest absolute Gasteiger partial charge is 0.316 e. The highest BCUT2D eigenvalue weighted by Gasteiger charge is 2.22. The summed E-state index contributed by atoms with van der Waals surface area (Å²) in [6.07, 6.45) is 2.53. The topological polar surface area (TPSA) is 15.3 Å². The van der Waals surface area contributed by atoms with Gasteiger partial charge in [0.1, 0.15) is 0 Å². The molecule has 0 radical (unpaired) electrons. The van der Waals surface area contributed by atoms with Crippen molar-refractivity contribution in [3.8, 4) is 0 Å². The van der Waals surface area contributed by atoms with Gasteiger partial charge in [0.05, 0.1) is 0 Å². The van der Waals surface area contributed by atoms with Gasteiger partial charge in [-0.15, -0.1) is 11.3 Å². The molecule has 0 amide bonds. The summed E-state index contributed by atoms with van der Waals surface area (Å²) in [7, 11) is 0. The Balaban J connectivity index is 1.69. The Morgan fingerprint density at radius 1 is 1.37 bits per heavy atom. The standard InChI is InChI=1S/C16H28N2S/c1-4-15-5-6-16(19-15)12-18-8-7-14(11-18)10-17-9-13(2)3/h5-6,13-14,17H,4,7-12H2,1-3H3. The smallest absolute Gasteiger partial charge is 0.0328 e. The van der Waals surface area contributed by atoms with E-state index >= 15 is 0 Å². The molecule has 0 aromatic carbocycles. The predicted octanol–water partition coefficient (Wildman–Crippen LogP) is 3.38. The van der Waals surface area contributed by atoms with Crippen molar-refractivity contribution < 1.29 is 0 Å². The van der Waals surface area contributed by atoms with Gasteiger partial charge in [-0.2, -0.15) is 0 Å². The van der Waals surface area contributed by atoms with Crippen LogP contribution < -0.4 is 5.32 Å². The zero-order chi connectivity index (χ0) is 13.7. The fourth-order valence-electron chi connectivity index (χ4n) is 2.72. The van der Waals surface area contributed by atoms with Crippen LogP contribution in [0, 0.1) is 11.8 Å². The van der Waals surface area contributed by atoms with Gasteiger partial charge in [0.25, 0.3) is 0 Å². The summed E-state index contributed by atoms with van der Waals surface area (Å²) >= 11 is 1.99. The molecular weight excluding hydrogens is 252 g/mol. The minimum atomic E-state index is 0.760. The highest BCUT2D eigenvalue weighted by atomic mass is 32.1. The SMILES string of the molecule is CCc1ccc(CN2CCC(CNCC(C)C)C2)s1. The van der Waals surface area contributed by atoms with Crippen molar-refractivity contribution in [2.75, 3.05) is 26.2 Å². The van der Waals surface area contributed by atoms with Crippen molar-refractivity contribution in [2.24, 2.45) is 11.8 Å². The minimum absolute atomic E-state index is 0.760. The molecule has 1 fully saturated rings. The second kappa shape index (κ2) is 7.41. The van der Waals surface area contributed by atoms with Gasteiger partial charge >= 0.3 is 0 Å². The molecule has 1 atom stereocenters. The molecule has 1 saturated heterocycles. The lowest BCUT2D eigenvalue weighted by Gasteiger charge is -2.16. The molecule has 3 heteroatoms. The van der Waals surface area contributed by atoms with Gasteiger partial charge in [0.15, 0.2) is 0 Å². The number of nitrogens with one attached hydrogen (secondary N) is 1. The summed E-state index contributed by atoms with van der Waals surface area (Å²) < 4.78 is 0. The third kappa shape index (κ3) is 4.90. The van der Waals surface area contributed by atoms with Crippen LogP contribution in [-0.4, -0.2) is 31.1 Å². The van der Waals surface area contributed by atoms with Crippen LogP contribution >= 0.6 is 11.3 Å². The Kier molecular flexibility index (Phi) is 5.86. The van der Waals surface area contributed by atoms with Crippen molar-refractivity contribution in [1.29, 1.82) is 0 Å². The zero-order valence-corrected chi connectivity index (χ0v) is 13.4. The number of hydrogen-bond donors (Lipinski definition) is 1. The molecule has 0 bridgehead atoms. The summed E-state index contributed by atoms with van der Waals surface area (Å²) in [5, 5.41) is 3.60. The Labute approximate surface area is 122 Å². The summed E-state index contributed by atoms with van der Waals surface area (Å²) in [5.74, 6) is 1.61. The summed E-state index contributed by atoms with van der Waals surface area (Å²) in [6.45, 7) is 12.8. The summed E-state index contributed by atoms with van der Waals surface area (Å²) in [6, 6.07) is 4.60. The lowest BCUT2D eigenvalue weighted by atomic mass is 10.1. The van der Waals surface area contributed by atoms with Gasteiger partial charge in [-0.3, -0.25) is 4.90 Å². The molecule has 108 valence electrons. The van der Waals surface area contributed by atoms with Gasteiger partial charge in [0.2, 0.25) is 0 Å². The molecule has 1 unspecified atom stereocenters. The van der Waals surface area contributed by atoms with Gasteiger partial charge in [0, 0.05) is 22.8 Å². The molecule has 1 aliphatic heterocycles. The first kappa shape index (κ1) is 15.0. The number of thiophene rings is 1. The minimum Gasteiger partial charge on any atom is -0.316 e. The zero-order valence-electron chi connectivity index (χ0n) is 12.6. The Morgan fingerprint density at radius 3 is 2.84 bits per heavy atom. The van der Waals surface area contributed by atoms with Crippen LogP contribution in [0.1, 0.15) is 36.9 Å². The maximum Gasteiger partial charge on any atom is 0.0328 e. The normalized spacial score (nSPS) is 20.5. The van der Waals surface area contributed by atoms with Crippen LogP contribution in [0.2, 0.25) is 0 Å². The monoisotopic (exact) mass is 280 g/mol. The van der Waals surface area contributed by atoms with E-state index in [1.54, 1.807) is 0 Å². The van der Waals surface area contributed by atoms with Crippen LogP contribution in [-0.2, 0) is 13.0 Å². The molecule has 2 heterocycles. The number of aryl methyl sites for hydroxylation is 1. The van der Waals surface area contributed by atoms with Crippen LogP contribution in [0.5, 0.6) is 0 Å². The molecule has 0 aliphatic carbocycles. The van der Waals surface area contributed by atoms with E-state index in [4.69, 9.17) is 0 Å². The van der Waals surface area contributed by atoms with Crippen molar-refractivity contribution >= 4 is 11.3 Å². The van der Waals surface area contributed by atoms with Gasteiger partial charge in [-0.25, -0.2) is 0 Å². The predicted molar refractivity (Wildman–Crippen MR) is 84.8 cm³/mol. The fourth-order valence-corrected chi connectivity index (χ4v) is 3.72. The van der Waals surface area contributed by atoms with E-state index in [0.717, 1.165) is 24.9 Å². The van der Waals surface area contributed by atoms with Crippen LogP contribution in [0.25, 0.3) is 0 Å². The molecular formula is C16H28N2S. The van der Waals surface area contributed by atoms with Gasteiger partial charge in [-0.05, 0) is 56.4 Å². The van der Waals surface area contributed by atoms with Gasteiger partial charge < -0.3 is 5.32 Å². The van der Waals surface area contributed by atoms with Crippen LogP contribution in [0.3, 0.4) is 0 Å². The summed E-state index contributed by atoms with van der Waals surface area (Å²) in [5.41, 5.74) is 0. The van der Waals surface area contributed by atoms with Crippen molar-refractivity contribution in [2.45, 2.75) is 40.2 Å². The number of likely N-dealkylation sites (tertiary alicyclic amines) is 1. The van der Waals surface area contributed by atoms with E-state index < -0.39 is 0 Å². The van der Waals surface area contributed by atoms with Crippen LogP contribution in [0.15, 0.2) is 12.1 Å². The van der Waals surface area contributed by atoms with E-state index in [1.165, 1.54) is 42.2 Å². The highest BCUT2D eigenvalue weighted by Crippen LogP contribution is 2.22. The molecule has 1 aromatic heterocycles. The Hall–Kier alpha value is -0.380. The summed E-state index contributed by atoms with van der Waals surface area (Å²) in [4.78, 5) is 5.67. The van der Waals surface area contributed by atoms with E-state index in [2.05, 4.69) is 43.1 Å². The van der Waals surface area contributed by atoms with E-state index in [-0.39, 0.29) is 0 Å². The lowest BCUT2D eigenvalue weighted by molar-refractivity contribution is 0.316. The molecule has 0 spiro atoms. The highest BCUT2D eigenvalue weighted by molar-refractivity contribution is 7.11. The van der Waals surface area contributed by atoms with Gasteiger partial charge in [-0.1, -0.05) is 20.8 Å². The molecule has 0 saturated carbocycles. The average Bonchev–Trinajstić information content (AvgIpc) is 2.99. The van der Waals surface area contributed by atoms with Crippen molar-refractivity contribution in [1.82, 2.24) is 10.2 Å². The van der Waals surface area contributed by atoms with Crippen molar-refractivity contribution in [3.05, 3.63) is 21.9 Å². The van der Waals surface area contributed by atoms with Crippen LogP contribution in [0.4, 0.5) is 0 Å². The van der Waals surface area contributed by atoms with E-state index in [9.17, 15) is 0 Å². The average molecular weight is 280 g/mol. The molecule has 2 rings (SSSR count). The van der Waals surface area contributed by atoms with E-state index in [0.29, 0.717) is 0 Å². The maximum atomic E-state index is 3.60. The first-order valence-electron chi connectivity index (χ1n) is 7.68. The molecule has 1 aliphatic rings. The maximum absolute atomic E-state index is 3.60.